The van der Waals surface area contributed by atoms with Gasteiger partial charge in [-0.3, -0.25) is 19.6 Å². The number of aryl methyl sites for hydroxylation is 8. The predicted octanol–water partition coefficient (Wildman–Crippen LogP) is 12.6. The standard InChI is InChI=1S/C46H44N4/c1-29-13-9-17-37(21-29)47-41-25-33(5)34(6)26-42(41)48(38-18-10-14-30(2)22-38)45(47)46-49(39-19-11-15-31(3)23-39)43-27-35(7)36(8)28-44(43)50(46)40-20-12-16-32(4)24-40/h9-28H,1-8H3. The molecule has 0 bridgehead atoms. The number of fused-ring (bicyclic) bond motifs is 2. The summed E-state index contributed by atoms with van der Waals surface area (Å²) in [6.45, 7) is 17.6. The van der Waals surface area contributed by atoms with Crippen LogP contribution in [0.1, 0.15) is 44.5 Å². The van der Waals surface area contributed by atoms with Crippen molar-refractivity contribution in [2.75, 3.05) is 19.6 Å². The molecular formula is C46H44N4. The van der Waals surface area contributed by atoms with Gasteiger partial charge >= 0.3 is 0 Å². The van der Waals surface area contributed by atoms with Gasteiger partial charge in [-0.1, -0.05) is 48.5 Å². The van der Waals surface area contributed by atoms with Gasteiger partial charge in [0.1, 0.15) is 0 Å². The van der Waals surface area contributed by atoms with Crippen LogP contribution in [0.5, 0.6) is 0 Å². The maximum Gasteiger partial charge on any atom is 0.166 e. The smallest absolute Gasteiger partial charge is 0.166 e. The van der Waals surface area contributed by atoms with Crippen molar-refractivity contribution < 1.29 is 0 Å². The second-order valence-electron chi connectivity index (χ2n) is 14.2. The monoisotopic (exact) mass is 652 g/mol. The summed E-state index contributed by atoms with van der Waals surface area (Å²) in [5, 5.41) is 0. The molecule has 4 nitrogen and oxygen atoms in total. The molecule has 6 aromatic carbocycles. The van der Waals surface area contributed by atoms with Crippen LogP contribution in [-0.4, -0.2) is 0 Å². The minimum Gasteiger partial charge on any atom is -0.291 e. The van der Waals surface area contributed by atoms with Crippen LogP contribution in [-0.2, 0) is 0 Å². The van der Waals surface area contributed by atoms with E-state index in [2.05, 4.69) is 196 Å². The Morgan fingerprint density at radius 2 is 0.500 bits per heavy atom. The molecule has 0 saturated heterocycles. The highest BCUT2D eigenvalue weighted by atomic mass is 15.5. The predicted molar refractivity (Wildman–Crippen MR) is 212 cm³/mol. The van der Waals surface area contributed by atoms with Gasteiger partial charge < -0.3 is 0 Å². The van der Waals surface area contributed by atoms with Crippen molar-refractivity contribution in [3.8, 4) is 0 Å². The molecule has 0 aromatic heterocycles. The van der Waals surface area contributed by atoms with Crippen LogP contribution in [0.2, 0.25) is 0 Å². The fourth-order valence-electron chi connectivity index (χ4n) is 7.46. The zero-order valence-corrected chi connectivity index (χ0v) is 30.3. The molecule has 0 atom stereocenters. The fraction of sp³-hybridized carbons (Fsp3) is 0.174. The Kier molecular flexibility index (Phi) is 7.56. The van der Waals surface area contributed by atoms with Crippen molar-refractivity contribution in [1.29, 1.82) is 0 Å². The van der Waals surface area contributed by atoms with Gasteiger partial charge in [0.25, 0.3) is 0 Å². The topological polar surface area (TPSA) is 13.0 Å². The van der Waals surface area contributed by atoms with Crippen LogP contribution in [0.25, 0.3) is 0 Å². The molecule has 0 spiro atoms. The van der Waals surface area contributed by atoms with Crippen molar-refractivity contribution in [1.82, 2.24) is 0 Å². The van der Waals surface area contributed by atoms with E-state index in [1.54, 1.807) is 0 Å². The largest absolute Gasteiger partial charge is 0.291 e. The lowest BCUT2D eigenvalue weighted by Crippen LogP contribution is -2.33. The minimum atomic E-state index is 1.08. The van der Waals surface area contributed by atoms with Crippen LogP contribution in [0.3, 0.4) is 0 Å². The molecule has 2 aliphatic heterocycles. The van der Waals surface area contributed by atoms with E-state index in [1.165, 1.54) is 67.3 Å². The maximum absolute atomic E-state index is 2.49. The van der Waals surface area contributed by atoms with Gasteiger partial charge in [0, 0.05) is 22.7 Å². The summed E-state index contributed by atoms with van der Waals surface area (Å²) in [4.78, 5) is 9.96. The summed E-state index contributed by atoms with van der Waals surface area (Å²) in [5.74, 6) is 2.16. The maximum atomic E-state index is 2.49. The number of hydrogen-bond donors (Lipinski definition) is 0. The van der Waals surface area contributed by atoms with E-state index in [0.29, 0.717) is 0 Å². The van der Waals surface area contributed by atoms with Crippen molar-refractivity contribution >= 4 is 45.5 Å². The zero-order chi connectivity index (χ0) is 34.8. The Morgan fingerprint density at radius 3 is 0.700 bits per heavy atom. The summed E-state index contributed by atoms with van der Waals surface area (Å²) in [5.41, 5.74) is 19.1. The van der Waals surface area contributed by atoms with Crippen LogP contribution in [0, 0.1) is 55.4 Å². The molecule has 8 rings (SSSR count). The first-order chi connectivity index (χ1) is 24.1. The molecule has 2 aliphatic rings. The molecule has 6 aromatic rings. The normalized spacial score (nSPS) is 13.8. The lowest BCUT2D eigenvalue weighted by atomic mass is 10.1. The van der Waals surface area contributed by atoms with Crippen molar-refractivity contribution in [2.24, 2.45) is 0 Å². The molecular weight excluding hydrogens is 609 g/mol. The van der Waals surface area contributed by atoms with E-state index in [9.17, 15) is 0 Å². The minimum absolute atomic E-state index is 1.08. The highest BCUT2D eigenvalue weighted by Gasteiger charge is 2.44. The molecule has 0 fully saturated rings. The highest BCUT2D eigenvalue weighted by molar-refractivity contribution is 6.00. The third kappa shape index (κ3) is 5.14. The molecule has 0 N–H and O–H groups in total. The molecule has 248 valence electrons. The van der Waals surface area contributed by atoms with E-state index < -0.39 is 0 Å². The fourth-order valence-corrected chi connectivity index (χ4v) is 7.46. The Balaban J connectivity index is 1.58. The number of hydrogen-bond acceptors (Lipinski definition) is 4. The van der Waals surface area contributed by atoms with Gasteiger partial charge in [-0.15, -0.1) is 0 Å². The first-order valence-electron chi connectivity index (χ1n) is 17.5. The van der Waals surface area contributed by atoms with E-state index in [1.807, 2.05) is 0 Å². The van der Waals surface area contributed by atoms with Crippen molar-refractivity contribution in [2.45, 2.75) is 55.4 Å². The Labute approximate surface area is 297 Å². The van der Waals surface area contributed by atoms with Crippen LogP contribution >= 0.6 is 0 Å². The summed E-state index contributed by atoms with van der Waals surface area (Å²) in [7, 11) is 0. The summed E-state index contributed by atoms with van der Waals surface area (Å²) >= 11 is 0. The van der Waals surface area contributed by atoms with Crippen molar-refractivity contribution in [3.05, 3.63) is 177 Å². The van der Waals surface area contributed by atoms with Gasteiger partial charge in [-0.25, -0.2) is 0 Å². The highest BCUT2D eigenvalue weighted by Crippen LogP contribution is 2.58. The molecule has 0 saturated carbocycles. The second-order valence-corrected chi connectivity index (χ2v) is 14.2. The van der Waals surface area contributed by atoms with Crippen molar-refractivity contribution in [3.63, 3.8) is 0 Å². The third-order valence-electron chi connectivity index (χ3n) is 10.2. The van der Waals surface area contributed by atoms with Crippen LogP contribution in [0.4, 0.5) is 45.5 Å². The summed E-state index contributed by atoms with van der Waals surface area (Å²) < 4.78 is 0. The Hall–Kier alpha value is -5.74. The van der Waals surface area contributed by atoms with E-state index in [-0.39, 0.29) is 0 Å². The zero-order valence-electron chi connectivity index (χ0n) is 30.3. The van der Waals surface area contributed by atoms with E-state index in [0.717, 1.165) is 34.4 Å². The average Bonchev–Trinajstić information content (AvgIpc) is 3.57. The Morgan fingerprint density at radius 1 is 0.280 bits per heavy atom. The number of rotatable bonds is 4. The molecule has 0 aliphatic carbocycles. The van der Waals surface area contributed by atoms with E-state index >= 15 is 0 Å². The van der Waals surface area contributed by atoms with Gasteiger partial charge in [-0.05, 0) is 173 Å². The van der Waals surface area contributed by atoms with Gasteiger partial charge in [0.2, 0.25) is 0 Å². The first kappa shape index (κ1) is 31.5. The first-order valence-corrected chi connectivity index (χ1v) is 17.5. The average molecular weight is 653 g/mol. The quantitative estimate of drug-likeness (QED) is 0.188. The molecule has 0 unspecified atom stereocenters. The third-order valence-corrected chi connectivity index (χ3v) is 10.2. The lowest BCUT2D eigenvalue weighted by Gasteiger charge is -2.34. The number of nitrogens with zero attached hydrogens (tertiary/aromatic N) is 4. The second kappa shape index (κ2) is 12.0. The molecule has 50 heavy (non-hydrogen) atoms. The SMILES string of the molecule is Cc1cccc(N2C(=C3N(c4cccc(C)c4)c4cc(C)c(C)cc4N3c3cccc(C)c3)N(c3cccc(C)c3)c3cc(C)c(C)cc32)c1. The molecule has 4 heteroatoms. The lowest BCUT2D eigenvalue weighted by molar-refractivity contribution is 1.01. The summed E-state index contributed by atoms with van der Waals surface area (Å²) in [6.07, 6.45) is 0. The molecule has 0 radical (unpaired) electrons. The number of benzene rings is 6. The molecule has 2 heterocycles. The molecule has 0 amide bonds. The van der Waals surface area contributed by atoms with E-state index in [4.69, 9.17) is 0 Å². The summed E-state index contributed by atoms with van der Waals surface area (Å²) in [6, 6.07) is 45.1. The van der Waals surface area contributed by atoms with Gasteiger partial charge in [0.15, 0.2) is 11.6 Å². The van der Waals surface area contributed by atoms with Crippen LogP contribution < -0.4 is 19.6 Å². The number of anilines is 8. The van der Waals surface area contributed by atoms with Gasteiger partial charge in [0.05, 0.1) is 22.7 Å². The van der Waals surface area contributed by atoms with Gasteiger partial charge in [-0.2, -0.15) is 0 Å². The van der Waals surface area contributed by atoms with Crippen LogP contribution in [0.15, 0.2) is 133 Å². The Bertz CT molecular complexity index is 2020.